The van der Waals surface area contributed by atoms with Crippen LogP contribution in [0.15, 0.2) is 0 Å². The molecule has 112 valence electrons. The van der Waals surface area contributed by atoms with Gasteiger partial charge in [-0.15, -0.1) is 12.4 Å². The van der Waals surface area contributed by atoms with Gasteiger partial charge in [0.2, 0.25) is 5.91 Å². The van der Waals surface area contributed by atoms with Crippen LogP contribution in [-0.2, 0) is 9.53 Å². The van der Waals surface area contributed by atoms with Crippen molar-refractivity contribution >= 4 is 18.3 Å². The van der Waals surface area contributed by atoms with Gasteiger partial charge in [-0.2, -0.15) is 0 Å². The summed E-state index contributed by atoms with van der Waals surface area (Å²) in [6.07, 6.45) is 2.48. The summed E-state index contributed by atoms with van der Waals surface area (Å²) in [7, 11) is 0. The number of likely N-dealkylation sites (tertiary alicyclic amines) is 1. The fourth-order valence-electron chi connectivity index (χ4n) is 2.77. The first-order valence-corrected chi connectivity index (χ1v) is 7.01. The Morgan fingerprint density at radius 3 is 2.84 bits per heavy atom. The van der Waals surface area contributed by atoms with Gasteiger partial charge in [-0.1, -0.05) is 6.92 Å². The van der Waals surface area contributed by atoms with E-state index >= 15 is 0 Å². The predicted molar refractivity (Wildman–Crippen MR) is 77.5 cm³/mol. The van der Waals surface area contributed by atoms with E-state index in [-0.39, 0.29) is 24.4 Å². The van der Waals surface area contributed by atoms with Crippen molar-refractivity contribution in [3.63, 3.8) is 0 Å². The van der Waals surface area contributed by atoms with E-state index in [1.165, 1.54) is 6.42 Å². The molecule has 2 unspecified atom stereocenters. The molecular formula is C13H26ClN3O2. The number of hydrogen-bond acceptors (Lipinski definition) is 4. The topological polar surface area (TPSA) is 58.8 Å². The van der Waals surface area contributed by atoms with Gasteiger partial charge in [-0.3, -0.25) is 9.69 Å². The lowest BCUT2D eigenvalue weighted by Gasteiger charge is -2.35. The molecule has 0 aliphatic carbocycles. The van der Waals surface area contributed by atoms with Gasteiger partial charge in [0.05, 0.1) is 19.3 Å². The van der Waals surface area contributed by atoms with E-state index in [2.05, 4.69) is 11.8 Å². The third kappa shape index (κ3) is 4.91. The van der Waals surface area contributed by atoms with Crippen LogP contribution in [0.1, 0.15) is 19.8 Å². The normalized spacial score (nSPS) is 28.8. The van der Waals surface area contributed by atoms with Gasteiger partial charge < -0.3 is 15.4 Å². The van der Waals surface area contributed by atoms with E-state index in [1.54, 1.807) is 0 Å². The number of carbonyl (C=O) groups excluding carboxylic acids is 1. The molecule has 2 saturated heterocycles. The minimum atomic E-state index is 0. The maximum atomic E-state index is 12.2. The van der Waals surface area contributed by atoms with Crippen LogP contribution >= 0.6 is 12.4 Å². The molecule has 0 radical (unpaired) electrons. The molecule has 2 heterocycles. The van der Waals surface area contributed by atoms with Crippen molar-refractivity contribution < 1.29 is 9.53 Å². The molecule has 2 atom stereocenters. The van der Waals surface area contributed by atoms with Crippen LogP contribution in [0.25, 0.3) is 0 Å². The number of amides is 1. The highest BCUT2D eigenvalue weighted by atomic mass is 35.5. The van der Waals surface area contributed by atoms with Crippen LogP contribution in [0.5, 0.6) is 0 Å². The average molecular weight is 292 g/mol. The van der Waals surface area contributed by atoms with E-state index in [1.807, 2.05) is 4.90 Å². The minimum absolute atomic E-state index is 0. The molecule has 0 spiro atoms. The van der Waals surface area contributed by atoms with Crippen molar-refractivity contribution in [1.82, 2.24) is 9.80 Å². The Labute approximate surface area is 121 Å². The minimum Gasteiger partial charge on any atom is -0.374 e. The summed E-state index contributed by atoms with van der Waals surface area (Å²) in [5, 5.41) is 0. The molecule has 0 saturated carbocycles. The Kier molecular flexibility index (Phi) is 7.07. The fourth-order valence-corrected chi connectivity index (χ4v) is 2.77. The average Bonchev–Trinajstić information content (AvgIpc) is 2.39. The summed E-state index contributed by atoms with van der Waals surface area (Å²) in [6, 6.07) is 0. The largest absolute Gasteiger partial charge is 0.374 e. The molecule has 6 heteroatoms. The molecule has 19 heavy (non-hydrogen) atoms. The molecule has 2 rings (SSSR count). The Bertz CT molecular complexity index is 291. The molecule has 5 nitrogen and oxygen atoms in total. The summed E-state index contributed by atoms with van der Waals surface area (Å²) >= 11 is 0. The van der Waals surface area contributed by atoms with E-state index < -0.39 is 0 Å². The monoisotopic (exact) mass is 291 g/mol. The smallest absolute Gasteiger partial charge is 0.236 e. The van der Waals surface area contributed by atoms with Gasteiger partial charge in [0.15, 0.2) is 0 Å². The molecule has 2 aliphatic rings. The third-order valence-corrected chi connectivity index (χ3v) is 3.85. The second-order valence-electron chi connectivity index (χ2n) is 5.55. The van der Waals surface area contributed by atoms with Crippen molar-refractivity contribution in [2.45, 2.75) is 25.9 Å². The highest BCUT2D eigenvalue weighted by molar-refractivity contribution is 5.85. The number of rotatable bonds is 3. The summed E-state index contributed by atoms with van der Waals surface area (Å²) in [5.41, 5.74) is 5.61. The Morgan fingerprint density at radius 2 is 2.16 bits per heavy atom. The van der Waals surface area contributed by atoms with Crippen LogP contribution in [0.4, 0.5) is 0 Å². The maximum absolute atomic E-state index is 12.2. The van der Waals surface area contributed by atoms with Crippen LogP contribution in [0, 0.1) is 5.92 Å². The summed E-state index contributed by atoms with van der Waals surface area (Å²) in [5.74, 6) is 0.906. The zero-order valence-electron chi connectivity index (χ0n) is 11.7. The number of morpholine rings is 1. The molecular weight excluding hydrogens is 266 g/mol. The quantitative estimate of drug-likeness (QED) is 0.814. The van der Waals surface area contributed by atoms with Crippen molar-refractivity contribution in [3.8, 4) is 0 Å². The third-order valence-electron chi connectivity index (χ3n) is 3.85. The van der Waals surface area contributed by atoms with Crippen molar-refractivity contribution in [2.24, 2.45) is 11.7 Å². The second kappa shape index (κ2) is 8.04. The van der Waals surface area contributed by atoms with Gasteiger partial charge in [0, 0.05) is 32.7 Å². The maximum Gasteiger partial charge on any atom is 0.236 e. The van der Waals surface area contributed by atoms with Gasteiger partial charge in [0.25, 0.3) is 0 Å². The lowest BCUT2D eigenvalue weighted by molar-refractivity contribution is -0.136. The molecule has 0 aromatic rings. The number of nitrogens with zero attached hydrogens (tertiary/aromatic N) is 2. The van der Waals surface area contributed by atoms with E-state index in [9.17, 15) is 4.79 Å². The van der Waals surface area contributed by atoms with Crippen LogP contribution in [0.2, 0.25) is 0 Å². The number of hydrogen-bond donors (Lipinski definition) is 1. The van der Waals surface area contributed by atoms with Gasteiger partial charge in [-0.25, -0.2) is 0 Å². The SMILES string of the molecule is CC1CCCN(C(=O)CN2CCOC(CN)C2)C1.Cl. The van der Waals surface area contributed by atoms with E-state index in [4.69, 9.17) is 10.5 Å². The number of piperidine rings is 1. The number of ether oxygens (including phenoxy) is 1. The molecule has 2 N–H and O–H groups in total. The first-order valence-electron chi connectivity index (χ1n) is 7.01. The Balaban J connectivity index is 0.00000180. The summed E-state index contributed by atoms with van der Waals surface area (Å²) < 4.78 is 5.51. The van der Waals surface area contributed by atoms with Gasteiger partial charge in [-0.05, 0) is 18.8 Å². The fraction of sp³-hybridized carbons (Fsp3) is 0.923. The molecule has 0 bridgehead atoms. The second-order valence-corrected chi connectivity index (χ2v) is 5.55. The van der Waals surface area contributed by atoms with Crippen molar-refractivity contribution in [2.75, 3.05) is 45.9 Å². The van der Waals surface area contributed by atoms with Gasteiger partial charge in [0.1, 0.15) is 0 Å². The first kappa shape index (κ1) is 16.7. The molecule has 2 fully saturated rings. The molecule has 0 aromatic carbocycles. The Morgan fingerprint density at radius 1 is 1.37 bits per heavy atom. The molecule has 0 aromatic heterocycles. The number of carbonyl (C=O) groups is 1. The molecule has 1 amide bonds. The zero-order chi connectivity index (χ0) is 13.0. The molecule has 2 aliphatic heterocycles. The lowest BCUT2D eigenvalue weighted by Crippen LogP contribution is -2.50. The highest BCUT2D eigenvalue weighted by Gasteiger charge is 2.25. The predicted octanol–water partition coefficient (Wildman–Crippen LogP) is 0.326. The number of nitrogens with two attached hydrogens (primary N) is 1. The van der Waals surface area contributed by atoms with Gasteiger partial charge >= 0.3 is 0 Å². The zero-order valence-corrected chi connectivity index (χ0v) is 12.5. The van der Waals surface area contributed by atoms with Crippen LogP contribution in [0.3, 0.4) is 0 Å². The van der Waals surface area contributed by atoms with Crippen LogP contribution in [-0.4, -0.2) is 67.7 Å². The highest BCUT2D eigenvalue weighted by Crippen LogP contribution is 2.16. The lowest BCUT2D eigenvalue weighted by atomic mass is 10.0. The van der Waals surface area contributed by atoms with Crippen molar-refractivity contribution in [3.05, 3.63) is 0 Å². The first-order chi connectivity index (χ1) is 8.69. The Hall–Kier alpha value is -0.360. The summed E-state index contributed by atoms with van der Waals surface area (Å²) in [6.45, 7) is 7.43. The van der Waals surface area contributed by atoms with E-state index in [0.29, 0.717) is 25.6 Å². The van der Waals surface area contributed by atoms with Crippen LogP contribution < -0.4 is 5.73 Å². The standard InChI is InChI=1S/C13H25N3O2.ClH/c1-11-3-2-4-16(8-11)13(17)10-15-5-6-18-12(7-14)9-15;/h11-12H,2-10,14H2,1H3;1H. The van der Waals surface area contributed by atoms with Crippen molar-refractivity contribution in [1.29, 1.82) is 0 Å². The number of halogens is 1. The summed E-state index contributed by atoms with van der Waals surface area (Å²) in [4.78, 5) is 16.4. The van der Waals surface area contributed by atoms with E-state index in [0.717, 1.165) is 32.6 Å².